The van der Waals surface area contributed by atoms with Gasteiger partial charge in [-0.25, -0.2) is 0 Å². The first-order valence-electron chi connectivity index (χ1n) is 10.0. The molecule has 3 aromatic carbocycles. The van der Waals surface area contributed by atoms with Gasteiger partial charge >= 0.3 is 0 Å². The molecule has 27 heavy (non-hydrogen) atoms. The number of fused-ring (bicyclic) bond motifs is 2. The van der Waals surface area contributed by atoms with Gasteiger partial charge in [0.1, 0.15) is 0 Å². The fourth-order valence-corrected chi connectivity index (χ4v) is 4.83. The topological polar surface area (TPSA) is 0 Å². The summed E-state index contributed by atoms with van der Waals surface area (Å²) in [7, 11) is 0. The molecule has 0 unspecified atom stereocenters. The Labute approximate surface area is 181 Å². The van der Waals surface area contributed by atoms with E-state index in [2.05, 4.69) is 73.2 Å². The van der Waals surface area contributed by atoms with Crippen molar-refractivity contribution < 1.29 is 26.2 Å². The van der Waals surface area contributed by atoms with Crippen LogP contribution in [0.5, 0.6) is 0 Å². The van der Waals surface area contributed by atoms with Crippen LogP contribution in [0.3, 0.4) is 0 Å². The number of hydrogen-bond donors (Lipinski definition) is 0. The van der Waals surface area contributed by atoms with E-state index >= 15 is 0 Å². The summed E-state index contributed by atoms with van der Waals surface area (Å²) in [6.07, 6.45) is 13.3. The number of rotatable bonds is 3. The molecule has 1 radical (unpaired) electrons. The molecule has 0 N–H and O–H groups in total. The monoisotopic (exact) mass is 427 g/mol. The molecule has 1 fully saturated rings. The predicted octanol–water partition coefficient (Wildman–Crippen LogP) is 7.42. The third-order valence-corrected chi connectivity index (χ3v) is 6.14. The van der Waals surface area contributed by atoms with Gasteiger partial charge in [0.25, 0.3) is 0 Å². The van der Waals surface area contributed by atoms with E-state index < -0.39 is 0 Å². The normalized spacial score (nSPS) is 16.7. The van der Waals surface area contributed by atoms with Gasteiger partial charge in [0.2, 0.25) is 0 Å². The molecular formula is C26H25Zr. The van der Waals surface area contributed by atoms with Crippen LogP contribution in [0.4, 0.5) is 0 Å². The van der Waals surface area contributed by atoms with Gasteiger partial charge in [0.15, 0.2) is 0 Å². The fraction of sp³-hybridized carbons (Fsp3) is 0.269. The van der Waals surface area contributed by atoms with Crippen LogP contribution >= 0.6 is 0 Å². The molecule has 0 spiro atoms. The van der Waals surface area contributed by atoms with Crippen LogP contribution in [0.2, 0.25) is 0 Å². The zero-order chi connectivity index (χ0) is 17.3. The second-order valence-corrected chi connectivity index (χ2v) is 7.91. The second-order valence-electron chi connectivity index (χ2n) is 7.91. The number of hydrogen-bond acceptors (Lipinski definition) is 0. The van der Waals surface area contributed by atoms with Gasteiger partial charge in [0, 0.05) is 32.6 Å². The van der Waals surface area contributed by atoms with Crippen molar-refractivity contribution in [2.45, 2.75) is 38.5 Å². The van der Waals surface area contributed by atoms with Crippen LogP contribution in [-0.2, 0) is 26.2 Å². The molecule has 2 aliphatic carbocycles. The van der Waals surface area contributed by atoms with Gasteiger partial charge < -0.3 is 0 Å². The molecule has 3 aromatic rings. The average Bonchev–Trinajstić information content (AvgIpc) is 3.11. The standard InChI is InChI=1S/C26H25.Zr/c1-2-8-19(9-3-1)16-20-17-22-12-7-15-25(26(22)18-20)24-14-6-11-21-10-4-5-13-23(21)24;/h4-7,10-15,17-19H,1-3,8-9,16H2;. The van der Waals surface area contributed by atoms with Crippen molar-refractivity contribution in [2.24, 2.45) is 5.92 Å². The molecule has 1 heteroatoms. The first kappa shape index (κ1) is 18.9. The Morgan fingerprint density at radius 3 is 2.37 bits per heavy atom. The van der Waals surface area contributed by atoms with Crippen molar-refractivity contribution in [1.82, 2.24) is 0 Å². The Morgan fingerprint density at radius 2 is 1.48 bits per heavy atom. The van der Waals surface area contributed by atoms with Gasteiger partial charge in [-0.1, -0.05) is 104 Å². The van der Waals surface area contributed by atoms with Gasteiger partial charge in [0.05, 0.1) is 0 Å². The Kier molecular flexibility index (Phi) is 5.79. The molecule has 0 heterocycles. The molecule has 0 aliphatic heterocycles. The average molecular weight is 429 g/mol. The van der Waals surface area contributed by atoms with Crippen LogP contribution in [0.25, 0.3) is 28.0 Å². The summed E-state index contributed by atoms with van der Waals surface area (Å²) in [5.41, 5.74) is 7.05. The zero-order valence-corrected chi connectivity index (χ0v) is 18.2. The van der Waals surface area contributed by atoms with Crippen LogP contribution in [0.15, 0.2) is 66.2 Å². The summed E-state index contributed by atoms with van der Waals surface area (Å²) in [6.45, 7) is 0. The van der Waals surface area contributed by atoms with Crippen LogP contribution in [0.1, 0.15) is 49.7 Å². The van der Waals surface area contributed by atoms with Crippen molar-refractivity contribution in [3.8, 4) is 11.1 Å². The molecule has 5 rings (SSSR count). The van der Waals surface area contributed by atoms with E-state index in [1.807, 2.05) is 0 Å². The summed E-state index contributed by atoms with van der Waals surface area (Å²) in [6, 6.07) is 22.1. The minimum atomic E-state index is 0. The molecule has 0 saturated heterocycles. The molecule has 1 saturated carbocycles. The van der Waals surface area contributed by atoms with E-state index in [0.29, 0.717) is 0 Å². The molecule has 0 atom stereocenters. The minimum Gasteiger partial charge on any atom is -0.0616 e. The molecule has 0 amide bonds. The third kappa shape index (κ3) is 3.77. The van der Waals surface area contributed by atoms with E-state index in [-0.39, 0.29) is 26.2 Å². The van der Waals surface area contributed by atoms with E-state index in [1.165, 1.54) is 77.1 Å². The summed E-state index contributed by atoms with van der Waals surface area (Å²) >= 11 is 0. The maximum absolute atomic E-state index is 2.46. The summed E-state index contributed by atoms with van der Waals surface area (Å²) in [4.78, 5) is 0. The Hall–Kier alpha value is -1.46. The molecular weight excluding hydrogens is 404 g/mol. The summed E-state index contributed by atoms with van der Waals surface area (Å²) in [5, 5.41) is 2.66. The van der Waals surface area contributed by atoms with E-state index in [0.717, 1.165) is 5.92 Å². The second kappa shape index (κ2) is 8.28. The predicted molar refractivity (Wildman–Crippen MR) is 112 cm³/mol. The van der Waals surface area contributed by atoms with Crippen molar-refractivity contribution in [2.75, 3.05) is 0 Å². The first-order chi connectivity index (χ1) is 12.9. The van der Waals surface area contributed by atoms with Gasteiger partial charge in [-0.05, 0) is 45.4 Å². The summed E-state index contributed by atoms with van der Waals surface area (Å²) in [5.74, 6) is 0.890. The van der Waals surface area contributed by atoms with Gasteiger partial charge in [-0.2, -0.15) is 0 Å². The van der Waals surface area contributed by atoms with Crippen molar-refractivity contribution in [1.29, 1.82) is 0 Å². The third-order valence-electron chi connectivity index (χ3n) is 6.14. The quantitative estimate of drug-likeness (QED) is 0.407. The molecule has 133 valence electrons. The largest absolute Gasteiger partial charge is 0.0616 e. The SMILES string of the molecule is [CH]1C(CC2CCCCC2)=Cc2c1cccc2-c1cccc2ccccc12.[Zr]. The zero-order valence-electron chi connectivity index (χ0n) is 15.7. The van der Waals surface area contributed by atoms with Crippen LogP contribution < -0.4 is 0 Å². The van der Waals surface area contributed by atoms with Crippen molar-refractivity contribution in [3.05, 3.63) is 83.8 Å². The van der Waals surface area contributed by atoms with Crippen molar-refractivity contribution >= 4 is 16.8 Å². The smallest absolute Gasteiger partial charge is 0.0164 e. The maximum Gasteiger partial charge on any atom is 0.0164 e. The molecule has 0 bridgehead atoms. The van der Waals surface area contributed by atoms with Crippen molar-refractivity contribution in [3.63, 3.8) is 0 Å². The van der Waals surface area contributed by atoms with Gasteiger partial charge in [-0.3, -0.25) is 0 Å². The fourth-order valence-electron chi connectivity index (χ4n) is 4.83. The molecule has 0 aromatic heterocycles. The molecule has 0 nitrogen and oxygen atoms in total. The molecule has 2 aliphatic rings. The van der Waals surface area contributed by atoms with E-state index in [1.54, 1.807) is 0 Å². The Morgan fingerprint density at radius 1 is 0.741 bits per heavy atom. The van der Waals surface area contributed by atoms with E-state index in [9.17, 15) is 0 Å². The summed E-state index contributed by atoms with van der Waals surface area (Å²) < 4.78 is 0. The van der Waals surface area contributed by atoms with E-state index in [4.69, 9.17) is 0 Å². The first-order valence-corrected chi connectivity index (χ1v) is 10.0. The van der Waals surface area contributed by atoms with Crippen LogP contribution in [-0.4, -0.2) is 0 Å². The minimum absolute atomic E-state index is 0. The number of allylic oxidation sites excluding steroid dienone is 1. The number of benzene rings is 3. The Bertz CT molecular complexity index is 971. The van der Waals surface area contributed by atoms with Gasteiger partial charge in [-0.15, -0.1) is 0 Å². The van der Waals surface area contributed by atoms with Crippen LogP contribution in [0, 0.1) is 12.3 Å². The Balaban J connectivity index is 0.00000180. The maximum atomic E-state index is 2.46.